The Morgan fingerprint density at radius 3 is 2.35 bits per heavy atom. The number of alkyl halides is 6. The molecule has 0 radical (unpaired) electrons. The molecule has 3 aromatic rings. The van der Waals surface area contributed by atoms with Crippen LogP contribution in [-0.2, 0) is 29.6 Å². The Bertz CT molecular complexity index is 1460. The van der Waals surface area contributed by atoms with Crippen LogP contribution in [0.1, 0.15) is 59.8 Å². The Morgan fingerprint density at radius 1 is 1.07 bits per heavy atom. The zero-order chi connectivity index (χ0) is 31.7. The molecule has 1 aliphatic rings. The van der Waals surface area contributed by atoms with Crippen molar-refractivity contribution in [3.05, 3.63) is 68.7 Å². The summed E-state index contributed by atoms with van der Waals surface area (Å²) in [5, 5.41) is 6.34. The van der Waals surface area contributed by atoms with E-state index in [9.17, 15) is 39.9 Å². The Labute approximate surface area is 249 Å². The van der Waals surface area contributed by atoms with Crippen LogP contribution in [0, 0.1) is 11.6 Å². The fourth-order valence-electron chi connectivity index (χ4n) is 4.97. The first-order valence-electron chi connectivity index (χ1n) is 13.1. The average Bonchev–Trinajstić information content (AvgIpc) is 3.29. The van der Waals surface area contributed by atoms with Crippen LogP contribution >= 0.6 is 15.9 Å². The van der Waals surface area contributed by atoms with E-state index in [1.807, 2.05) is 19.0 Å². The lowest BCUT2D eigenvalue weighted by Crippen LogP contribution is -2.33. The molecule has 2 aromatic heterocycles. The molecule has 1 atom stereocenters. The van der Waals surface area contributed by atoms with Crippen LogP contribution in [-0.4, -0.2) is 57.6 Å². The van der Waals surface area contributed by atoms with Crippen molar-refractivity contribution in [2.45, 2.75) is 56.4 Å². The molecule has 0 saturated carbocycles. The quantitative estimate of drug-likeness (QED) is 0.217. The average molecular weight is 683 g/mol. The molecule has 0 aliphatic heterocycles. The molecule has 1 aromatic carbocycles. The van der Waals surface area contributed by atoms with Crippen molar-refractivity contribution in [3.63, 3.8) is 0 Å². The molecule has 0 amide bonds. The minimum Gasteiger partial charge on any atom is -0.353 e. The number of carbonyl (C=O) groups excluding carboxylic acids is 1. The Hall–Kier alpha value is -3.14. The third kappa shape index (κ3) is 7.69. The van der Waals surface area contributed by atoms with Crippen molar-refractivity contribution < 1.29 is 39.9 Å². The van der Waals surface area contributed by atoms with Crippen molar-refractivity contribution in [2.24, 2.45) is 0 Å². The molecule has 43 heavy (non-hydrogen) atoms. The molecule has 0 fully saturated rings. The van der Waals surface area contributed by atoms with Crippen LogP contribution in [0.5, 0.6) is 0 Å². The van der Waals surface area contributed by atoms with Crippen LogP contribution in [0.2, 0.25) is 0 Å². The van der Waals surface area contributed by atoms with E-state index in [0.717, 1.165) is 12.1 Å². The number of fused-ring (bicyclic) bond motifs is 1. The highest BCUT2D eigenvalue weighted by atomic mass is 79.9. The summed E-state index contributed by atoms with van der Waals surface area (Å²) in [6.45, 7) is 0.0472. The number of Topliss-reactive ketones (excluding diaryl/α,β-unsaturated/α-hetero) is 1. The fraction of sp³-hybridized carbons (Fsp3) is 0.481. The summed E-state index contributed by atoms with van der Waals surface area (Å²) in [6.07, 6.45) is -5.51. The topological polar surface area (TPSA) is 75.9 Å². The third-order valence-corrected chi connectivity index (χ3v) is 7.47. The molecule has 16 heteroatoms. The van der Waals surface area contributed by atoms with E-state index in [0.29, 0.717) is 23.6 Å². The van der Waals surface area contributed by atoms with E-state index in [1.54, 1.807) is 0 Å². The number of hydrogen-bond acceptors (Lipinski definition) is 6. The number of benzene rings is 1. The van der Waals surface area contributed by atoms with Crippen molar-refractivity contribution in [2.75, 3.05) is 32.5 Å². The lowest BCUT2D eigenvalue weighted by atomic mass is 9.88. The predicted octanol–water partition coefficient (Wildman–Crippen LogP) is 6.59. The van der Waals surface area contributed by atoms with Crippen LogP contribution in [0.3, 0.4) is 0 Å². The van der Waals surface area contributed by atoms with Gasteiger partial charge >= 0.3 is 0 Å². The van der Waals surface area contributed by atoms with E-state index in [-0.39, 0.29) is 28.3 Å². The van der Waals surface area contributed by atoms with E-state index in [2.05, 4.69) is 36.3 Å². The van der Waals surface area contributed by atoms with Crippen molar-refractivity contribution >= 4 is 27.7 Å². The highest BCUT2D eigenvalue weighted by Crippen LogP contribution is 2.52. The van der Waals surface area contributed by atoms with Gasteiger partial charge in [0.1, 0.15) is 29.6 Å². The van der Waals surface area contributed by atoms with Gasteiger partial charge in [0.25, 0.3) is 18.3 Å². The number of aromatic nitrogens is 4. The molecule has 7 nitrogen and oxygen atoms in total. The minimum absolute atomic E-state index is 0.144. The zero-order valence-corrected chi connectivity index (χ0v) is 24.5. The first-order valence-corrected chi connectivity index (χ1v) is 13.9. The second kappa shape index (κ2) is 12.8. The number of hydrogen-bond donors (Lipinski definition) is 1. The second-order valence-corrected chi connectivity index (χ2v) is 11.4. The SMILES string of the molecule is CN(C)CCNc1ncc(Br)c([C@@H](CC(=O)Cn2nc(C(F)F)c3c2C(F)(F)CCC3(F)F)Cc2cc(F)cc(F)c2)n1. The molecule has 0 unspecified atom stereocenters. The van der Waals surface area contributed by atoms with Gasteiger partial charge in [-0.15, -0.1) is 0 Å². The maximum Gasteiger partial charge on any atom is 0.290 e. The fourth-order valence-corrected chi connectivity index (χ4v) is 5.48. The summed E-state index contributed by atoms with van der Waals surface area (Å²) >= 11 is 3.31. The molecular weight excluding hydrogens is 656 g/mol. The number of ketones is 1. The standard InChI is InChI=1S/C27H27BrF8N6O/c1-41(2)6-5-37-25-38-12-19(28)21(39-25)15(7-14-8-16(29)11-17(30)9-14)10-18(43)13-42-23-20(22(40-42)24(31)32)26(33,34)3-4-27(23,35)36/h8-9,11-12,15,24H,3-7,10,13H2,1-2H3,(H,37,38,39)/t15-/m1/s1. The second-order valence-electron chi connectivity index (χ2n) is 10.6. The molecule has 234 valence electrons. The number of nitrogens with one attached hydrogen (secondary N) is 1. The predicted molar refractivity (Wildman–Crippen MR) is 143 cm³/mol. The minimum atomic E-state index is -3.99. The van der Waals surface area contributed by atoms with Gasteiger partial charge in [0, 0.05) is 50.5 Å². The molecular formula is C27H27BrF8N6O. The summed E-state index contributed by atoms with van der Waals surface area (Å²) in [4.78, 5) is 23.8. The largest absolute Gasteiger partial charge is 0.353 e. The lowest BCUT2D eigenvalue weighted by molar-refractivity contribution is -0.121. The number of carbonyl (C=O) groups is 1. The smallest absolute Gasteiger partial charge is 0.290 e. The molecule has 0 saturated heterocycles. The number of likely N-dealkylation sites (N-methyl/N-ethyl adjacent to an activating group) is 1. The van der Waals surface area contributed by atoms with Crippen molar-refractivity contribution in [1.29, 1.82) is 0 Å². The maximum atomic E-state index is 14.8. The Balaban J connectivity index is 1.69. The van der Waals surface area contributed by atoms with Gasteiger partial charge in [-0.2, -0.15) is 13.9 Å². The number of nitrogens with zero attached hydrogens (tertiary/aromatic N) is 5. The Kier molecular flexibility index (Phi) is 9.79. The summed E-state index contributed by atoms with van der Waals surface area (Å²) in [5.74, 6) is -11.3. The van der Waals surface area contributed by atoms with E-state index in [1.165, 1.54) is 6.20 Å². The molecule has 0 bridgehead atoms. The summed E-state index contributed by atoms with van der Waals surface area (Å²) < 4.78 is 115. The molecule has 4 rings (SSSR count). The third-order valence-electron chi connectivity index (χ3n) is 6.86. The molecule has 1 N–H and O–H groups in total. The summed E-state index contributed by atoms with van der Waals surface area (Å²) in [6, 6.07) is 2.76. The first kappa shape index (κ1) is 32.8. The van der Waals surface area contributed by atoms with Gasteiger partial charge in [-0.05, 0) is 54.1 Å². The van der Waals surface area contributed by atoms with Gasteiger partial charge in [0.05, 0.1) is 15.7 Å². The van der Waals surface area contributed by atoms with Gasteiger partial charge in [-0.1, -0.05) is 0 Å². The van der Waals surface area contributed by atoms with E-state index < -0.39 is 84.4 Å². The number of rotatable bonds is 12. The van der Waals surface area contributed by atoms with Gasteiger partial charge in [0.2, 0.25) is 5.95 Å². The number of halogens is 9. The van der Waals surface area contributed by atoms with E-state index in [4.69, 9.17) is 0 Å². The summed E-state index contributed by atoms with van der Waals surface area (Å²) in [7, 11) is 3.71. The molecule has 0 spiro atoms. The highest BCUT2D eigenvalue weighted by Gasteiger charge is 2.55. The Morgan fingerprint density at radius 2 is 1.72 bits per heavy atom. The number of anilines is 1. The van der Waals surface area contributed by atoms with Gasteiger partial charge < -0.3 is 10.2 Å². The maximum absolute atomic E-state index is 14.8. The van der Waals surface area contributed by atoms with E-state index >= 15 is 0 Å². The summed E-state index contributed by atoms with van der Waals surface area (Å²) in [5.41, 5.74) is -4.12. The zero-order valence-electron chi connectivity index (χ0n) is 23.0. The van der Waals surface area contributed by atoms with Crippen LogP contribution in [0.4, 0.5) is 41.1 Å². The van der Waals surface area contributed by atoms with Gasteiger partial charge in [-0.3, -0.25) is 9.48 Å². The monoisotopic (exact) mass is 682 g/mol. The van der Waals surface area contributed by atoms with Crippen LogP contribution < -0.4 is 5.32 Å². The van der Waals surface area contributed by atoms with Gasteiger partial charge in [0.15, 0.2) is 5.78 Å². The molecule has 1 aliphatic carbocycles. The van der Waals surface area contributed by atoms with Crippen LogP contribution in [0.25, 0.3) is 0 Å². The van der Waals surface area contributed by atoms with Crippen molar-refractivity contribution in [1.82, 2.24) is 24.6 Å². The van der Waals surface area contributed by atoms with Crippen LogP contribution in [0.15, 0.2) is 28.9 Å². The first-order chi connectivity index (χ1) is 20.1. The highest BCUT2D eigenvalue weighted by molar-refractivity contribution is 9.10. The van der Waals surface area contributed by atoms with Gasteiger partial charge in [-0.25, -0.2) is 36.3 Å². The van der Waals surface area contributed by atoms with Crippen molar-refractivity contribution in [3.8, 4) is 0 Å². The molecule has 2 heterocycles. The lowest BCUT2D eigenvalue weighted by Gasteiger charge is -2.29. The normalized spacial score (nSPS) is 16.4.